The molecule has 2 unspecified atom stereocenters. The van der Waals surface area contributed by atoms with Gasteiger partial charge in [0.2, 0.25) is 0 Å². The zero-order valence-electron chi connectivity index (χ0n) is 36.7. The summed E-state index contributed by atoms with van der Waals surface area (Å²) in [5.74, 6) is -6.18. The lowest BCUT2D eigenvalue weighted by Crippen LogP contribution is -2.64. The van der Waals surface area contributed by atoms with Gasteiger partial charge in [0.05, 0.1) is 5.92 Å². The molecule has 0 saturated carbocycles. The third kappa shape index (κ3) is 24.7. The van der Waals surface area contributed by atoms with E-state index in [0.29, 0.717) is 19.3 Å². The number of carboxylic acid groups (broad SMARTS) is 3. The first-order valence-electron chi connectivity index (χ1n) is 24.1. The molecule has 0 bridgehead atoms. The number of aliphatic carboxylic acids is 3. The minimum Gasteiger partial charge on any atom is -0.481 e. The van der Waals surface area contributed by atoms with Crippen LogP contribution in [0.3, 0.4) is 0 Å². The van der Waals surface area contributed by atoms with E-state index in [-0.39, 0.29) is 19.3 Å². The number of hydrogen-bond acceptors (Lipinski definition) is 4. The number of rotatable bonds is 44. The van der Waals surface area contributed by atoms with Crippen molar-refractivity contribution >= 4 is 17.9 Å². The van der Waals surface area contributed by atoms with Crippen LogP contribution >= 0.6 is 0 Å². The van der Waals surface area contributed by atoms with Crippen LogP contribution in [0.4, 0.5) is 0 Å². The van der Waals surface area contributed by atoms with Gasteiger partial charge in [0.25, 0.3) is 0 Å². The fourth-order valence-corrected chi connectivity index (χ4v) is 8.81. The van der Waals surface area contributed by atoms with Crippen LogP contribution in [0.1, 0.15) is 271 Å². The number of hydrogen-bond donors (Lipinski definition) is 4. The van der Waals surface area contributed by atoms with Gasteiger partial charge in [-0.25, -0.2) is 4.79 Å². The highest BCUT2D eigenvalue weighted by Crippen LogP contribution is 2.48. The van der Waals surface area contributed by atoms with Crippen LogP contribution in [-0.4, -0.2) is 43.9 Å². The van der Waals surface area contributed by atoms with E-state index in [1.807, 2.05) is 0 Å². The summed E-state index contributed by atoms with van der Waals surface area (Å²) < 4.78 is 0. The Bertz CT molecular complexity index is 877. The van der Waals surface area contributed by atoms with Gasteiger partial charge in [-0.2, -0.15) is 0 Å². The van der Waals surface area contributed by atoms with Crippen molar-refractivity contribution in [2.24, 2.45) is 11.3 Å². The molecule has 0 heterocycles. The van der Waals surface area contributed by atoms with Gasteiger partial charge in [-0.15, -0.1) is 0 Å². The second-order valence-electron chi connectivity index (χ2n) is 17.3. The summed E-state index contributed by atoms with van der Waals surface area (Å²) in [6, 6.07) is 0. The second-order valence-corrected chi connectivity index (χ2v) is 17.3. The zero-order valence-corrected chi connectivity index (χ0v) is 36.7. The maximum absolute atomic E-state index is 13.3. The van der Waals surface area contributed by atoms with E-state index in [4.69, 9.17) is 0 Å². The molecule has 7 heteroatoms. The minimum absolute atomic E-state index is 0.0250. The third-order valence-electron chi connectivity index (χ3n) is 12.5. The van der Waals surface area contributed by atoms with Crippen LogP contribution in [0.5, 0.6) is 0 Å². The van der Waals surface area contributed by atoms with Gasteiger partial charge in [0.15, 0.2) is 5.60 Å². The number of carboxylic acids is 3. The van der Waals surface area contributed by atoms with Crippen molar-refractivity contribution in [3.8, 4) is 0 Å². The summed E-state index contributed by atoms with van der Waals surface area (Å²) in [5.41, 5.74) is -4.95. The summed E-state index contributed by atoms with van der Waals surface area (Å²) in [4.78, 5) is 39.2. The molecule has 0 rings (SSSR count). The first-order valence-corrected chi connectivity index (χ1v) is 24.1. The Hall–Kier alpha value is -1.63. The fraction of sp³-hybridized carbons (Fsp3) is 0.938. The Morgan fingerprint density at radius 1 is 0.364 bits per heavy atom. The zero-order chi connectivity index (χ0) is 40.9. The lowest BCUT2D eigenvalue weighted by molar-refractivity contribution is -0.207. The van der Waals surface area contributed by atoms with Gasteiger partial charge in [-0.1, -0.05) is 252 Å². The molecule has 0 radical (unpaired) electrons. The lowest BCUT2D eigenvalue weighted by atomic mass is 9.59. The van der Waals surface area contributed by atoms with Crippen LogP contribution in [0.2, 0.25) is 0 Å². The molecule has 0 fully saturated rings. The van der Waals surface area contributed by atoms with Crippen LogP contribution in [0.15, 0.2) is 0 Å². The van der Waals surface area contributed by atoms with Crippen molar-refractivity contribution in [2.45, 2.75) is 277 Å². The molecule has 0 aromatic heterocycles. The average molecular weight is 781 g/mol. The van der Waals surface area contributed by atoms with Gasteiger partial charge in [-0.3, -0.25) is 9.59 Å². The summed E-state index contributed by atoms with van der Waals surface area (Å²) in [6.45, 7) is 6.69. The first kappa shape index (κ1) is 53.4. The molecule has 326 valence electrons. The predicted molar refractivity (Wildman–Crippen MR) is 231 cm³/mol. The standard InChI is InChI=1S/C48H92O7/c1-4-7-10-13-16-19-22-25-28-31-34-37-40-43(44(49)50)48(55,46(53)54)47(45(51)52,41-38-35-32-29-26-23-20-17-14-11-8-5-2)42-39-36-33-30-27-24-21-18-15-12-9-6-3/h43,55H,4-42H2,1-3H3,(H,49,50)(H,51,52)(H,53,54). The van der Waals surface area contributed by atoms with E-state index in [0.717, 1.165) is 77.0 Å². The smallest absolute Gasteiger partial charge is 0.337 e. The van der Waals surface area contributed by atoms with Crippen molar-refractivity contribution < 1.29 is 34.8 Å². The Balaban J connectivity index is 5.41. The fourth-order valence-electron chi connectivity index (χ4n) is 8.81. The van der Waals surface area contributed by atoms with E-state index in [2.05, 4.69) is 20.8 Å². The molecular weight excluding hydrogens is 689 g/mol. The molecule has 0 aromatic rings. The highest BCUT2D eigenvalue weighted by atomic mass is 16.4. The maximum atomic E-state index is 13.3. The Kier molecular flexibility index (Phi) is 35.6. The lowest BCUT2D eigenvalue weighted by Gasteiger charge is -2.45. The molecule has 0 aliphatic rings. The van der Waals surface area contributed by atoms with Gasteiger partial charge < -0.3 is 20.4 Å². The van der Waals surface area contributed by atoms with Crippen LogP contribution in [-0.2, 0) is 14.4 Å². The highest BCUT2D eigenvalue weighted by Gasteiger charge is 2.65. The Morgan fingerprint density at radius 2 is 0.600 bits per heavy atom. The summed E-state index contributed by atoms with van der Waals surface area (Å²) >= 11 is 0. The molecule has 7 nitrogen and oxygen atoms in total. The Labute approximate surface area is 340 Å². The first-order chi connectivity index (χ1) is 26.7. The van der Waals surface area contributed by atoms with Crippen molar-refractivity contribution in [1.82, 2.24) is 0 Å². The molecule has 0 aromatic carbocycles. The summed E-state index contributed by atoms with van der Waals surface area (Å²) in [5, 5.41) is 44.1. The molecular formula is C48H92O7. The molecule has 0 aliphatic carbocycles. The molecule has 2 atom stereocenters. The van der Waals surface area contributed by atoms with E-state index < -0.39 is 34.8 Å². The van der Waals surface area contributed by atoms with E-state index in [1.54, 1.807) is 0 Å². The third-order valence-corrected chi connectivity index (χ3v) is 12.5. The van der Waals surface area contributed by atoms with Crippen LogP contribution in [0, 0.1) is 11.3 Å². The van der Waals surface area contributed by atoms with Gasteiger partial charge in [0.1, 0.15) is 5.41 Å². The molecule has 0 amide bonds. The normalized spacial score (nSPS) is 13.5. The quantitative estimate of drug-likeness (QED) is 0.0453. The minimum atomic E-state index is -2.89. The highest BCUT2D eigenvalue weighted by molar-refractivity contribution is 5.93. The Morgan fingerprint density at radius 3 is 0.818 bits per heavy atom. The summed E-state index contributed by atoms with van der Waals surface area (Å²) in [6.07, 6.45) is 39.5. The van der Waals surface area contributed by atoms with Crippen LogP contribution < -0.4 is 0 Å². The average Bonchev–Trinajstić information content (AvgIpc) is 3.16. The van der Waals surface area contributed by atoms with Crippen LogP contribution in [0.25, 0.3) is 0 Å². The SMILES string of the molecule is CCCCCCCCCCCCCCC(C(=O)O)C(O)(C(=O)O)C(CCCCCCCCCCCCCC)(CCCCCCCCCCCCCC)C(=O)O. The van der Waals surface area contributed by atoms with Crippen molar-refractivity contribution in [3.63, 3.8) is 0 Å². The number of unbranched alkanes of at least 4 members (excludes halogenated alkanes) is 33. The topological polar surface area (TPSA) is 132 Å². The maximum Gasteiger partial charge on any atom is 0.337 e. The molecule has 0 aliphatic heterocycles. The van der Waals surface area contributed by atoms with Gasteiger partial charge >= 0.3 is 17.9 Å². The largest absolute Gasteiger partial charge is 0.481 e. The predicted octanol–water partition coefficient (Wildman–Crippen LogP) is 14.8. The van der Waals surface area contributed by atoms with Gasteiger partial charge in [-0.05, 0) is 19.3 Å². The van der Waals surface area contributed by atoms with E-state index in [9.17, 15) is 34.8 Å². The van der Waals surface area contributed by atoms with E-state index >= 15 is 0 Å². The molecule has 55 heavy (non-hydrogen) atoms. The monoisotopic (exact) mass is 781 g/mol. The molecule has 0 saturated heterocycles. The number of aliphatic hydroxyl groups is 1. The van der Waals surface area contributed by atoms with Gasteiger partial charge in [0, 0.05) is 0 Å². The second kappa shape index (κ2) is 36.7. The van der Waals surface area contributed by atoms with E-state index in [1.165, 1.54) is 135 Å². The van der Waals surface area contributed by atoms with Crippen molar-refractivity contribution in [2.75, 3.05) is 0 Å². The molecule has 4 N–H and O–H groups in total. The van der Waals surface area contributed by atoms with Crippen molar-refractivity contribution in [1.29, 1.82) is 0 Å². The molecule has 0 spiro atoms. The number of carbonyl (C=O) groups is 3. The summed E-state index contributed by atoms with van der Waals surface area (Å²) in [7, 11) is 0. The van der Waals surface area contributed by atoms with Crippen molar-refractivity contribution in [3.05, 3.63) is 0 Å².